The molecule has 16 heavy (non-hydrogen) atoms. The van der Waals surface area contributed by atoms with Gasteiger partial charge in [-0.25, -0.2) is 4.98 Å². The summed E-state index contributed by atoms with van der Waals surface area (Å²) in [4.78, 5) is 19.7. The standard InChI is InChI=1S/C9H9IN4O2/c1-2-8-12-7(13-16-8)4-14-5-11-3-6(10)9(14)15/h3,5H,2,4H2,1H3. The van der Waals surface area contributed by atoms with E-state index >= 15 is 0 Å². The van der Waals surface area contributed by atoms with Gasteiger partial charge < -0.3 is 4.52 Å². The molecule has 7 heteroatoms. The SMILES string of the molecule is CCc1nc(Cn2cncc(I)c2=O)no1. The Hall–Kier alpha value is -1.25. The van der Waals surface area contributed by atoms with Crippen molar-refractivity contribution in [1.82, 2.24) is 19.7 Å². The van der Waals surface area contributed by atoms with Crippen molar-refractivity contribution >= 4 is 22.6 Å². The number of aryl methyl sites for hydroxylation is 1. The molecule has 0 saturated heterocycles. The molecular formula is C9H9IN4O2. The van der Waals surface area contributed by atoms with Gasteiger partial charge in [0.1, 0.15) is 0 Å². The first kappa shape index (κ1) is 11.2. The third kappa shape index (κ3) is 2.29. The van der Waals surface area contributed by atoms with E-state index < -0.39 is 0 Å². The number of hydrogen-bond acceptors (Lipinski definition) is 5. The van der Waals surface area contributed by atoms with Crippen molar-refractivity contribution in [3.8, 4) is 0 Å². The third-order valence-corrected chi connectivity index (χ3v) is 2.72. The van der Waals surface area contributed by atoms with Crippen LogP contribution in [0.5, 0.6) is 0 Å². The van der Waals surface area contributed by atoms with Crippen LogP contribution in [0.4, 0.5) is 0 Å². The monoisotopic (exact) mass is 332 g/mol. The van der Waals surface area contributed by atoms with Crippen LogP contribution in [0.3, 0.4) is 0 Å². The van der Waals surface area contributed by atoms with Crippen LogP contribution in [0.1, 0.15) is 18.6 Å². The molecule has 2 rings (SSSR count). The summed E-state index contributed by atoms with van der Waals surface area (Å²) in [5.74, 6) is 1.06. The van der Waals surface area contributed by atoms with Crippen molar-refractivity contribution < 1.29 is 4.52 Å². The molecule has 0 aliphatic heterocycles. The minimum absolute atomic E-state index is 0.0987. The highest BCUT2D eigenvalue weighted by molar-refractivity contribution is 14.1. The molecule has 0 amide bonds. The maximum absolute atomic E-state index is 11.7. The maximum Gasteiger partial charge on any atom is 0.267 e. The molecule has 6 nitrogen and oxygen atoms in total. The molecule has 0 radical (unpaired) electrons. The molecule has 0 unspecified atom stereocenters. The van der Waals surface area contributed by atoms with Gasteiger partial charge in [0.15, 0.2) is 5.82 Å². The zero-order chi connectivity index (χ0) is 11.5. The lowest BCUT2D eigenvalue weighted by Crippen LogP contribution is -2.23. The predicted molar refractivity (Wildman–Crippen MR) is 64.0 cm³/mol. The van der Waals surface area contributed by atoms with Gasteiger partial charge in [-0.1, -0.05) is 12.1 Å². The Kier molecular flexibility index (Phi) is 3.32. The normalized spacial score (nSPS) is 10.6. The maximum atomic E-state index is 11.7. The van der Waals surface area contributed by atoms with Gasteiger partial charge in [-0.15, -0.1) is 0 Å². The highest BCUT2D eigenvalue weighted by Gasteiger charge is 2.07. The molecule has 0 bridgehead atoms. The first-order valence-corrected chi connectivity index (χ1v) is 5.80. The summed E-state index contributed by atoms with van der Waals surface area (Å²) in [5.41, 5.74) is -0.0987. The molecule has 0 aliphatic rings. The Bertz CT molecular complexity index is 548. The van der Waals surface area contributed by atoms with E-state index in [0.29, 0.717) is 21.7 Å². The molecule has 0 aliphatic carbocycles. The summed E-state index contributed by atoms with van der Waals surface area (Å²) in [5, 5.41) is 3.78. The van der Waals surface area contributed by atoms with E-state index in [1.165, 1.54) is 17.1 Å². The van der Waals surface area contributed by atoms with Gasteiger partial charge in [0.05, 0.1) is 16.4 Å². The van der Waals surface area contributed by atoms with Gasteiger partial charge in [0.25, 0.3) is 5.56 Å². The molecule has 0 N–H and O–H groups in total. The molecule has 0 spiro atoms. The average Bonchev–Trinajstić information content (AvgIpc) is 2.73. The van der Waals surface area contributed by atoms with Crippen LogP contribution in [-0.2, 0) is 13.0 Å². The van der Waals surface area contributed by atoms with Crippen molar-refractivity contribution in [2.24, 2.45) is 0 Å². The van der Waals surface area contributed by atoms with Gasteiger partial charge >= 0.3 is 0 Å². The number of rotatable bonds is 3. The van der Waals surface area contributed by atoms with Gasteiger partial charge in [-0.05, 0) is 22.6 Å². The predicted octanol–water partition coefficient (Wildman–Crippen LogP) is 0.842. The summed E-state index contributed by atoms with van der Waals surface area (Å²) in [6.07, 6.45) is 3.67. The van der Waals surface area contributed by atoms with Gasteiger partial charge in [0.2, 0.25) is 5.89 Å². The third-order valence-electron chi connectivity index (χ3n) is 1.98. The fourth-order valence-corrected chi connectivity index (χ4v) is 1.66. The number of halogens is 1. The highest BCUT2D eigenvalue weighted by Crippen LogP contribution is 2.00. The van der Waals surface area contributed by atoms with E-state index in [1.54, 1.807) is 0 Å². The Morgan fingerprint density at radius 3 is 3.06 bits per heavy atom. The minimum atomic E-state index is -0.0987. The molecule has 2 heterocycles. The first-order chi connectivity index (χ1) is 7.70. The van der Waals surface area contributed by atoms with Crippen molar-refractivity contribution in [1.29, 1.82) is 0 Å². The molecule has 0 atom stereocenters. The van der Waals surface area contributed by atoms with E-state index in [-0.39, 0.29) is 12.1 Å². The zero-order valence-electron chi connectivity index (χ0n) is 8.55. The molecular weight excluding hydrogens is 323 g/mol. The van der Waals surface area contributed by atoms with Crippen LogP contribution in [0.2, 0.25) is 0 Å². The van der Waals surface area contributed by atoms with E-state index in [1.807, 2.05) is 29.5 Å². The van der Waals surface area contributed by atoms with Crippen LogP contribution in [0, 0.1) is 3.57 Å². The van der Waals surface area contributed by atoms with Gasteiger partial charge in [-0.3, -0.25) is 9.36 Å². The number of aromatic nitrogens is 4. The Labute approximate surface area is 105 Å². The Balaban J connectivity index is 2.27. The zero-order valence-corrected chi connectivity index (χ0v) is 10.7. The fourth-order valence-electron chi connectivity index (χ4n) is 1.19. The summed E-state index contributed by atoms with van der Waals surface area (Å²) in [6.45, 7) is 2.21. The minimum Gasteiger partial charge on any atom is -0.339 e. The van der Waals surface area contributed by atoms with Crippen LogP contribution in [0.15, 0.2) is 21.8 Å². The van der Waals surface area contributed by atoms with Gasteiger partial charge in [-0.2, -0.15) is 4.98 Å². The molecule has 84 valence electrons. The number of nitrogens with zero attached hydrogens (tertiary/aromatic N) is 4. The second kappa shape index (κ2) is 4.73. The quantitative estimate of drug-likeness (QED) is 0.779. The summed E-state index contributed by atoms with van der Waals surface area (Å²) >= 11 is 1.95. The lowest BCUT2D eigenvalue weighted by Gasteiger charge is -2.00. The summed E-state index contributed by atoms with van der Waals surface area (Å²) in [6, 6.07) is 0. The fraction of sp³-hybridized carbons (Fsp3) is 0.333. The van der Waals surface area contributed by atoms with Crippen LogP contribution >= 0.6 is 22.6 Å². The molecule has 2 aromatic heterocycles. The lowest BCUT2D eigenvalue weighted by atomic mass is 10.5. The number of hydrogen-bond donors (Lipinski definition) is 0. The van der Waals surface area contributed by atoms with Crippen LogP contribution in [-0.4, -0.2) is 19.7 Å². The summed E-state index contributed by atoms with van der Waals surface area (Å²) < 4.78 is 6.98. The Morgan fingerprint density at radius 1 is 1.56 bits per heavy atom. The lowest BCUT2D eigenvalue weighted by molar-refractivity contribution is 0.375. The van der Waals surface area contributed by atoms with Crippen molar-refractivity contribution in [2.45, 2.75) is 19.9 Å². The average molecular weight is 332 g/mol. The first-order valence-electron chi connectivity index (χ1n) is 4.72. The van der Waals surface area contributed by atoms with Crippen molar-refractivity contribution in [3.63, 3.8) is 0 Å². The van der Waals surface area contributed by atoms with E-state index in [0.717, 1.165) is 0 Å². The van der Waals surface area contributed by atoms with Crippen LogP contribution in [0.25, 0.3) is 0 Å². The molecule has 2 aromatic rings. The second-order valence-electron chi connectivity index (χ2n) is 3.13. The Morgan fingerprint density at radius 2 is 2.38 bits per heavy atom. The van der Waals surface area contributed by atoms with E-state index in [2.05, 4.69) is 15.1 Å². The van der Waals surface area contributed by atoms with E-state index in [4.69, 9.17) is 4.52 Å². The van der Waals surface area contributed by atoms with Gasteiger partial charge in [0, 0.05) is 12.6 Å². The summed E-state index contributed by atoms with van der Waals surface area (Å²) in [7, 11) is 0. The topological polar surface area (TPSA) is 73.8 Å². The second-order valence-corrected chi connectivity index (χ2v) is 4.29. The molecule has 0 fully saturated rings. The van der Waals surface area contributed by atoms with E-state index in [9.17, 15) is 4.79 Å². The van der Waals surface area contributed by atoms with Crippen molar-refractivity contribution in [3.05, 3.63) is 38.2 Å². The smallest absolute Gasteiger partial charge is 0.267 e. The molecule has 0 saturated carbocycles. The largest absolute Gasteiger partial charge is 0.339 e. The molecule has 0 aromatic carbocycles. The highest BCUT2D eigenvalue weighted by atomic mass is 127. The van der Waals surface area contributed by atoms with Crippen LogP contribution < -0.4 is 5.56 Å². The van der Waals surface area contributed by atoms with Crippen molar-refractivity contribution in [2.75, 3.05) is 0 Å².